The van der Waals surface area contributed by atoms with Gasteiger partial charge >= 0.3 is 0 Å². The third kappa shape index (κ3) is 2.53. The second-order valence-corrected chi connectivity index (χ2v) is 8.51. The Hall–Kier alpha value is -3.39. The lowest BCUT2D eigenvalue weighted by atomic mass is 9.97. The van der Waals surface area contributed by atoms with Gasteiger partial charge in [-0.25, -0.2) is 13.4 Å². The molecular formula is C20H15N3O4S. The molecular weight excluding hydrogens is 378 g/mol. The summed E-state index contributed by atoms with van der Waals surface area (Å²) in [4.78, 5) is 15.7. The first kappa shape index (κ1) is 16.8. The number of nitrogens with zero attached hydrogens (tertiary/aromatic N) is 2. The van der Waals surface area contributed by atoms with Crippen LogP contribution in [0.1, 0.15) is 16.4 Å². The Labute approximate surface area is 161 Å². The predicted octanol–water partition coefficient (Wildman–Crippen LogP) is 2.74. The molecule has 1 amide bonds. The summed E-state index contributed by atoms with van der Waals surface area (Å²) in [5.74, 6) is 0.314. The van der Waals surface area contributed by atoms with E-state index in [4.69, 9.17) is 4.74 Å². The van der Waals surface area contributed by atoms with Gasteiger partial charge in [-0.3, -0.25) is 9.36 Å². The highest BCUT2D eigenvalue weighted by atomic mass is 32.2. The van der Waals surface area contributed by atoms with Crippen LogP contribution in [0.4, 0.5) is 5.69 Å². The number of sulfone groups is 1. The minimum absolute atomic E-state index is 0.0136. The number of anilines is 1. The molecule has 8 heteroatoms. The summed E-state index contributed by atoms with van der Waals surface area (Å²) in [7, 11) is -3.76. The minimum Gasteiger partial charge on any atom is -0.482 e. The summed E-state index contributed by atoms with van der Waals surface area (Å²) in [6.07, 6.45) is 4.85. The Kier molecular flexibility index (Phi) is 3.63. The van der Waals surface area contributed by atoms with Gasteiger partial charge in [0.1, 0.15) is 11.0 Å². The van der Waals surface area contributed by atoms with E-state index in [9.17, 15) is 13.2 Å². The van der Waals surface area contributed by atoms with Crippen molar-refractivity contribution < 1.29 is 17.9 Å². The lowest BCUT2D eigenvalue weighted by Crippen LogP contribution is -2.26. The minimum atomic E-state index is -3.76. The maximum atomic E-state index is 13.4. The number of benzene rings is 2. The number of nitrogens with one attached hydrogen (secondary N) is 1. The topological polar surface area (TPSA) is 90.3 Å². The van der Waals surface area contributed by atoms with Gasteiger partial charge < -0.3 is 10.1 Å². The Balaban J connectivity index is 1.72. The SMILES string of the molecule is O=C1COc2ccc(C3=Cn4ccnc4S(=O)(=O)C3c3ccccc3)cc2N1. The molecule has 0 saturated carbocycles. The van der Waals surface area contributed by atoms with Crippen LogP contribution in [0.3, 0.4) is 0 Å². The third-order valence-corrected chi connectivity index (χ3v) is 6.78. The number of carbonyl (C=O) groups excluding carboxylic acids is 1. The highest BCUT2D eigenvalue weighted by molar-refractivity contribution is 7.92. The Morgan fingerprint density at radius 1 is 1.14 bits per heavy atom. The molecule has 1 N–H and O–H groups in total. The van der Waals surface area contributed by atoms with Gasteiger partial charge in [0.05, 0.1) is 5.69 Å². The number of fused-ring (bicyclic) bond motifs is 2. The van der Waals surface area contributed by atoms with E-state index >= 15 is 0 Å². The molecule has 3 aromatic rings. The number of ether oxygens (including phenoxy) is 1. The fourth-order valence-electron chi connectivity index (χ4n) is 3.58. The van der Waals surface area contributed by atoms with Crippen molar-refractivity contribution in [3.8, 4) is 5.75 Å². The molecule has 2 aromatic carbocycles. The fourth-order valence-corrected chi connectivity index (χ4v) is 5.46. The molecule has 0 spiro atoms. The summed E-state index contributed by atoms with van der Waals surface area (Å²) in [6.45, 7) is -0.0333. The molecule has 0 aliphatic carbocycles. The van der Waals surface area contributed by atoms with Crippen LogP contribution in [0.2, 0.25) is 0 Å². The van der Waals surface area contributed by atoms with Crippen molar-refractivity contribution in [2.75, 3.05) is 11.9 Å². The lowest BCUT2D eigenvalue weighted by molar-refractivity contribution is -0.118. The first-order chi connectivity index (χ1) is 13.5. The molecule has 28 heavy (non-hydrogen) atoms. The molecule has 7 nitrogen and oxygen atoms in total. The molecule has 1 aromatic heterocycles. The predicted molar refractivity (Wildman–Crippen MR) is 103 cm³/mol. The van der Waals surface area contributed by atoms with Crippen LogP contribution >= 0.6 is 0 Å². The standard InChI is InChI=1S/C20H15N3O4S/c24-18-12-27-17-7-6-14(10-16(17)22-18)15-11-23-9-8-21-20(23)28(25,26)19(15)13-4-2-1-3-5-13/h1-11,19H,12H2,(H,22,24). The second kappa shape index (κ2) is 6.07. The maximum Gasteiger partial charge on any atom is 0.262 e. The van der Waals surface area contributed by atoms with Crippen molar-refractivity contribution in [3.63, 3.8) is 0 Å². The van der Waals surface area contributed by atoms with Crippen molar-refractivity contribution in [3.05, 3.63) is 72.1 Å². The van der Waals surface area contributed by atoms with Gasteiger partial charge in [0.15, 0.2) is 6.61 Å². The van der Waals surface area contributed by atoms with E-state index in [1.807, 2.05) is 18.2 Å². The number of hydrogen-bond donors (Lipinski definition) is 1. The second-order valence-electron chi connectivity index (χ2n) is 6.59. The zero-order valence-corrected chi connectivity index (χ0v) is 15.4. The van der Waals surface area contributed by atoms with E-state index in [1.54, 1.807) is 42.7 Å². The molecule has 1 atom stereocenters. The Morgan fingerprint density at radius 2 is 1.96 bits per heavy atom. The van der Waals surface area contributed by atoms with Crippen molar-refractivity contribution in [2.24, 2.45) is 0 Å². The van der Waals surface area contributed by atoms with Crippen LogP contribution in [0, 0.1) is 0 Å². The third-order valence-electron chi connectivity index (χ3n) is 4.81. The van der Waals surface area contributed by atoms with Crippen molar-refractivity contribution in [1.82, 2.24) is 9.55 Å². The van der Waals surface area contributed by atoms with E-state index in [0.717, 1.165) is 0 Å². The van der Waals surface area contributed by atoms with Crippen LogP contribution in [0.15, 0.2) is 66.1 Å². The van der Waals surface area contributed by atoms with Crippen molar-refractivity contribution >= 4 is 33.2 Å². The number of rotatable bonds is 2. The number of hydrogen-bond acceptors (Lipinski definition) is 5. The van der Waals surface area contributed by atoms with Crippen LogP contribution < -0.4 is 10.1 Å². The van der Waals surface area contributed by atoms with Gasteiger partial charge in [-0.05, 0) is 28.8 Å². The highest BCUT2D eigenvalue weighted by Gasteiger charge is 2.39. The van der Waals surface area contributed by atoms with Crippen LogP contribution in [-0.4, -0.2) is 30.5 Å². The van der Waals surface area contributed by atoms with Crippen molar-refractivity contribution in [1.29, 1.82) is 0 Å². The number of carbonyl (C=O) groups is 1. The molecule has 2 aliphatic rings. The summed E-state index contributed by atoms with van der Waals surface area (Å²) < 4.78 is 33.7. The molecule has 1 unspecified atom stereocenters. The maximum absolute atomic E-state index is 13.4. The highest BCUT2D eigenvalue weighted by Crippen LogP contribution is 2.44. The van der Waals surface area contributed by atoms with E-state index < -0.39 is 15.1 Å². The molecule has 0 fully saturated rings. The van der Waals surface area contributed by atoms with Gasteiger partial charge in [0, 0.05) is 18.6 Å². The first-order valence-corrected chi connectivity index (χ1v) is 10.2. The lowest BCUT2D eigenvalue weighted by Gasteiger charge is -2.26. The molecule has 3 heterocycles. The van der Waals surface area contributed by atoms with E-state index in [1.165, 1.54) is 10.8 Å². The van der Waals surface area contributed by atoms with E-state index in [2.05, 4.69) is 10.3 Å². The number of amides is 1. The Bertz CT molecular complexity index is 1230. The largest absolute Gasteiger partial charge is 0.482 e. The van der Waals surface area contributed by atoms with E-state index in [0.29, 0.717) is 28.1 Å². The van der Waals surface area contributed by atoms with Crippen LogP contribution in [0.25, 0.3) is 11.8 Å². The molecule has 5 rings (SSSR count). The van der Waals surface area contributed by atoms with Gasteiger partial charge in [-0.2, -0.15) is 0 Å². The number of imidazole rings is 1. The van der Waals surface area contributed by atoms with Gasteiger partial charge in [-0.15, -0.1) is 0 Å². The summed E-state index contributed by atoms with van der Waals surface area (Å²) >= 11 is 0. The Morgan fingerprint density at radius 3 is 2.79 bits per heavy atom. The molecule has 0 radical (unpaired) electrons. The van der Waals surface area contributed by atoms with E-state index in [-0.39, 0.29) is 17.7 Å². The van der Waals surface area contributed by atoms with Crippen molar-refractivity contribution in [2.45, 2.75) is 10.4 Å². The van der Waals surface area contributed by atoms with Crippen LogP contribution in [0.5, 0.6) is 5.75 Å². The smallest absolute Gasteiger partial charge is 0.262 e. The average molecular weight is 393 g/mol. The summed E-state index contributed by atoms with van der Waals surface area (Å²) in [5, 5.41) is 1.88. The summed E-state index contributed by atoms with van der Waals surface area (Å²) in [5.41, 5.74) is 2.46. The molecule has 2 aliphatic heterocycles. The molecule has 0 bridgehead atoms. The average Bonchev–Trinajstić information content (AvgIpc) is 3.17. The van der Waals surface area contributed by atoms with Gasteiger partial charge in [0.2, 0.25) is 15.0 Å². The zero-order valence-electron chi connectivity index (χ0n) is 14.6. The zero-order chi connectivity index (χ0) is 19.3. The molecule has 0 saturated heterocycles. The summed E-state index contributed by atoms with van der Waals surface area (Å²) in [6, 6.07) is 14.3. The van der Waals surface area contributed by atoms with Gasteiger partial charge in [-0.1, -0.05) is 36.4 Å². The normalized spacial score (nSPS) is 19.6. The number of aromatic nitrogens is 2. The first-order valence-electron chi connectivity index (χ1n) is 8.64. The van der Waals surface area contributed by atoms with Crippen LogP contribution in [-0.2, 0) is 14.6 Å². The fraction of sp³-hybridized carbons (Fsp3) is 0.100. The van der Waals surface area contributed by atoms with Gasteiger partial charge in [0.25, 0.3) is 5.91 Å². The molecule has 140 valence electrons. The quantitative estimate of drug-likeness (QED) is 0.723. The monoisotopic (exact) mass is 393 g/mol.